The van der Waals surface area contributed by atoms with Gasteiger partial charge in [-0.2, -0.15) is 0 Å². The Balaban J connectivity index is 1.16. The number of amides is 2. The van der Waals surface area contributed by atoms with Crippen LogP contribution in [0.1, 0.15) is 57.5 Å². The van der Waals surface area contributed by atoms with Gasteiger partial charge in [-0.05, 0) is 59.7 Å². The van der Waals surface area contributed by atoms with Gasteiger partial charge in [0.1, 0.15) is 12.0 Å². The molecule has 1 atom stereocenters. The zero-order chi connectivity index (χ0) is 25.9. The number of pyridine rings is 1. The number of hydrogen-bond acceptors (Lipinski definition) is 6. The molecular formula is C30H28N4O4. The highest BCUT2D eigenvalue weighted by atomic mass is 16.5. The Morgan fingerprint density at radius 2 is 1.95 bits per heavy atom. The lowest BCUT2D eigenvalue weighted by atomic mass is 9.87. The highest BCUT2D eigenvalue weighted by molar-refractivity contribution is 5.91. The third kappa shape index (κ3) is 5.16. The molecule has 1 unspecified atom stereocenters. The Bertz CT molecular complexity index is 1430. The smallest absolute Gasteiger partial charge is 0.273 e. The van der Waals surface area contributed by atoms with Gasteiger partial charge in [-0.15, -0.1) is 0 Å². The minimum Gasteiger partial charge on any atom is -0.484 e. The summed E-state index contributed by atoms with van der Waals surface area (Å²) in [5, 5.41) is 2.81. The van der Waals surface area contributed by atoms with Gasteiger partial charge in [0.25, 0.3) is 5.91 Å². The van der Waals surface area contributed by atoms with Crippen LogP contribution in [0.3, 0.4) is 0 Å². The number of carbonyl (C=O) groups excluding carboxylic acids is 2. The topological polar surface area (TPSA) is 97.6 Å². The maximum absolute atomic E-state index is 13.2. The fraction of sp³-hybridized carbons (Fsp3) is 0.267. The average Bonchev–Trinajstić information content (AvgIpc) is 3.71. The van der Waals surface area contributed by atoms with Crippen molar-refractivity contribution in [3.05, 3.63) is 113 Å². The molecule has 1 fully saturated rings. The van der Waals surface area contributed by atoms with Crippen molar-refractivity contribution in [1.82, 2.24) is 20.2 Å². The Kier molecular flexibility index (Phi) is 6.60. The minimum atomic E-state index is -0.330. The third-order valence-electron chi connectivity index (χ3n) is 6.99. The molecule has 2 aromatic heterocycles. The fourth-order valence-electron chi connectivity index (χ4n) is 4.88. The first kappa shape index (κ1) is 23.9. The van der Waals surface area contributed by atoms with Gasteiger partial charge in [0.2, 0.25) is 11.8 Å². The van der Waals surface area contributed by atoms with E-state index in [9.17, 15) is 9.59 Å². The van der Waals surface area contributed by atoms with Crippen LogP contribution in [-0.4, -0.2) is 33.2 Å². The molecule has 1 N–H and O–H groups in total. The molecule has 0 radical (unpaired) electrons. The number of oxazole rings is 1. The van der Waals surface area contributed by atoms with Crippen LogP contribution in [0, 0.1) is 5.92 Å². The molecule has 192 valence electrons. The quantitative estimate of drug-likeness (QED) is 0.377. The molecule has 1 aliphatic heterocycles. The molecule has 8 heteroatoms. The molecule has 3 heterocycles. The van der Waals surface area contributed by atoms with Crippen molar-refractivity contribution in [2.24, 2.45) is 5.92 Å². The Labute approximate surface area is 220 Å². The van der Waals surface area contributed by atoms with Crippen molar-refractivity contribution in [3.63, 3.8) is 0 Å². The molecule has 1 saturated carbocycles. The molecule has 38 heavy (non-hydrogen) atoms. The summed E-state index contributed by atoms with van der Waals surface area (Å²) in [6, 6.07) is 19.8. The number of carbonyl (C=O) groups is 2. The number of rotatable bonds is 8. The minimum absolute atomic E-state index is 0.0788. The van der Waals surface area contributed by atoms with Gasteiger partial charge < -0.3 is 19.4 Å². The molecule has 1 aliphatic carbocycles. The van der Waals surface area contributed by atoms with E-state index in [-0.39, 0.29) is 36.1 Å². The second kappa shape index (κ2) is 10.5. The third-order valence-corrected chi connectivity index (χ3v) is 6.99. The Morgan fingerprint density at radius 3 is 2.74 bits per heavy atom. The van der Waals surface area contributed by atoms with Crippen LogP contribution in [0.25, 0.3) is 0 Å². The van der Waals surface area contributed by atoms with Crippen LogP contribution in [0.15, 0.2) is 83.7 Å². The van der Waals surface area contributed by atoms with Crippen LogP contribution in [0.2, 0.25) is 0 Å². The molecule has 0 saturated heterocycles. The summed E-state index contributed by atoms with van der Waals surface area (Å²) in [6.07, 6.45) is 7.48. The van der Waals surface area contributed by atoms with Gasteiger partial charge >= 0.3 is 0 Å². The number of nitrogens with zero attached hydrogens (tertiary/aromatic N) is 3. The van der Waals surface area contributed by atoms with E-state index >= 15 is 0 Å². The lowest BCUT2D eigenvalue weighted by Crippen LogP contribution is -2.41. The summed E-state index contributed by atoms with van der Waals surface area (Å²) in [5.41, 5.74) is 4.48. The van der Waals surface area contributed by atoms with Gasteiger partial charge in [0.05, 0.1) is 6.04 Å². The standard InChI is InChI=1S/C30H28N4O4/c35-29(32-17-20-5-4-13-31-16-20)26-18-38-27(33-26)19-37-24-11-10-21-12-14-34(30(36)23-8-9-23)28(25(21)15-24)22-6-2-1-3-7-22/h1-7,10-11,13,15-16,18,23,28H,8-9,12,14,17,19H2,(H,32,35). The predicted molar refractivity (Wildman–Crippen MR) is 139 cm³/mol. The summed E-state index contributed by atoms with van der Waals surface area (Å²) in [4.78, 5) is 36.0. The summed E-state index contributed by atoms with van der Waals surface area (Å²) in [6.45, 7) is 1.14. The summed E-state index contributed by atoms with van der Waals surface area (Å²) >= 11 is 0. The van der Waals surface area contributed by atoms with Crippen LogP contribution in [0.5, 0.6) is 5.75 Å². The first-order valence-corrected chi connectivity index (χ1v) is 12.9. The van der Waals surface area contributed by atoms with Crippen molar-refractivity contribution >= 4 is 11.8 Å². The number of aromatic nitrogens is 2. The molecule has 0 spiro atoms. The second-order valence-corrected chi connectivity index (χ2v) is 9.69. The highest BCUT2D eigenvalue weighted by Gasteiger charge is 2.39. The van der Waals surface area contributed by atoms with Crippen LogP contribution < -0.4 is 10.1 Å². The van der Waals surface area contributed by atoms with E-state index in [0.29, 0.717) is 24.7 Å². The van der Waals surface area contributed by atoms with E-state index in [1.165, 1.54) is 11.8 Å². The number of nitrogens with one attached hydrogen (secondary N) is 1. The number of fused-ring (bicyclic) bond motifs is 1. The average molecular weight is 509 g/mol. The van der Waals surface area contributed by atoms with Crippen LogP contribution in [0.4, 0.5) is 0 Å². The Hall–Kier alpha value is -4.46. The summed E-state index contributed by atoms with van der Waals surface area (Å²) in [5.74, 6) is 1.03. The second-order valence-electron chi connectivity index (χ2n) is 9.69. The van der Waals surface area contributed by atoms with E-state index in [1.807, 2.05) is 47.4 Å². The zero-order valence-electron chi connectivity index (χ0n) is 20.9. The lowest BCUT2D eigenvalue weighted by Gasteiger charge is -2.38. The van der Waals surface area contributed by atoms with E-state index in [4.69, 9.17) is 9.15 Å². The largest absolute Gasteiger partial charge is 0.484 e. The molecule has 4 aromatic rings. The monoisotopic (exact) mass is 508 g/mol. The maximum atomic E-state index is 13.2. The first-order chi connectivity index (χ1) is 18.7. The fourth-order valence-corrected chi connectivity index (χ4v) is 4.88. The van der Waals surface area contributed by atoms with Gasteiger partial charge in [0.15, 0.2) is 12.3 Å². The highest BCUT2D eigenvalue weighted by Crippen LogP contribution is 2.41. The van der Waals surface area contributed by atoms with Crippen molar-refractivity contribution in [3.8, 4) is 5.75 Å². The van der Waals surface area contributed by atoms with Gasteiger partial charge in [-0.3, -0.25) is 14.6 Å². The van der Waals surface area contributed by atoms with Crippen molar-refractivity contribution < 1.29 is 18.7 Å². The molecule has 6 rings (SSSR count). The molecule has 8 nitrogen and oxygen atoms in total. The van der Waals surface area contributed by atoms with Gasteiger partial charge in [-0.25, -0.2) is 4.98 Å². The normalized spacial score (nSPS) is 16.5. The summed E-state index contributed by atoms with van der Waals surface area (Å²) in [7, 11) is 0. The Morgan fingerprint density at radius 1 is 1.08 bits per heavy atom. The SMILES string of the molecule is O=C(NCc1cccnc1)c1coc(COc2ccc3c(c2)C(c2ccccc2)N(C(=O)C2CC2)CC3)n1. The van der Waals surface area contributed by atoms with E-state index in [0.717, 1.165) is 36.0 Å². The molecule has 2 aromatic carbocycles. The summed E-state index contributed by atoms with van der Waals surface area (Å²) < 4.78 is 11.5. The van der Waals surface area contributed by atoms with Crippen molar-refractivity contribution in [1.29, 1.82) is 0 Å². The van der Waals surface area contributed by atoms with Crippen LogP contribution >= 0.6 is 0 Å². The number of hydrogen-bond donors (Lipinski definition) is 1. The van der Waals surface area contributed by atoms with Crippen molar-refractivity contribution in [2.75, 3.05) is 6.54 Å². The van der Waals surface area contributed by atoms with Gasteiger partial charge in [0, 0.05) is 31.4 Å². The lowest BCUT2D eigenvalue weighted by molar-refractivity contribution is -0.134. The van der Waals surface area contributed by atoms with Crippen molar-refractivity contribution in [2.45, 2.75) is 38.5 Å². The van der Waals surface area contributed by atoms with E-state index < -0.39 is 0 Å². The molecular weight excluding hydrogens is 480 g/mol. The first-order valence-electron chi connectivity index (χ1n) is 12.9. The molecule has 2 amide bonds. The number of benzene rings is 2. The maximum Gasteiger partial charge on any atom is 0.273 e. The molecule has 2 aliphatic rings. The zero-order valence-corrected chi connectivity index (χ0v) is 20.9. The predicted octanol–water partition coefficient (Wildman–Crippen LogP) is 4.46. The van der Waals surface area contributed by atoms with Crippen LogP contribution in [-0.2, 0) is 24.4 Å². The van der Waals surface area contributed by atoms with Gasteiger partial charge in [-0.1, -0.05) is 42.5 Å². The van der Waals surface area contributed by atoms with E-state index in [2.05, 4.69) is 33.5 Å². The van der Waals surface area contributed by atoms with E-state index in [1.54, 1.807) is 12.4 Å². The molecule has 0 bridgehead atoms. The number of ether oxygens (including phenoxy) is 1.